The molecule has 98 valence electrons. The zero-order chi connectivity index (χ0) is 13.7. The van der Waals surface area contributed by atoms with E-state index in [2.05, 4.69) is 0 Å². The third-order valence-electron chi connectivity index (χ3n) is 2.45. The van der Waals surface area contributed by atoms with Crippen LogP contribution in [0.25, 0.3) is 0 Å². The predicted octanol–water partition coefficient (Wildman–Crippen LogP) is 0.895. The van der Waals surface area contributed by atoms with Crippen LogP contribution < -0.4 is 5.73 Å². The van der Waals surface area contributed by atoms with Gasteiger partial charge in [-0.2, -0.15) is 0 Å². The maximum atomic E-state index is 11.9. The lowest BCUT2D eigenvalue weighted by atomic mass is 10.1. The van der Waals surface area contributed by atoms with Gasteiger partial charge in [-0.15, -0.1) is 0 Å². The summed E-state index contributed by atoms with van der Waals surface area (Å²) in [4.78, 5) is 23.4. The third kappa shape index (κ3) is 3.17. The lowest BCUT2D eigenvalue weighted by Crippen LogP contribution is -2.30. The topological polar surface area (TPSA) is 98.7 Å². The van der Waals surface area contributed by atoms with Crippen LogP contribution in [0.5, 0.6) is 0 Å². The van der Waals surface area contributed by atoms with Crippen molar-refractivity contribution in [3.63, 3.8) is 0 Å². The average molecular weight is 253 g/mol. The molecule has 0 saturated carbocycles. The Balaban J connectivity index is 2.87. The van der Waals surface area contributed by atoms with Crippen molar-refractivity contribution in [1.29, 1.82) is 0 Å². The first kappa shape index (κ1) is 13.9. The van der Waals surface area contributed by atoms with Crippen molar-refractivity contribution in [2.24, 2.45) is 0 Å². The molecule has 0 aromatic heterocycles. The number of nitro groups is 1. The number of nitrogen functional groups attached to an aromatic ring is 1. The second-order valence-electron chi connectivity index (χ2n) is 3.75. The standard InChI is InChI=1S/C11H15N3O4/c1-13(5-6-18-2)11(15)8-3-4-10(14(16)17)9(12)7-8/h3-4,7H,5-6,12H2,1-2H3. The van der Waals surface area contributed by atoms with E-state index in [1.54, 1.807) is 14.2 Å². The van der Waals surface area contributed by atoms with Gasteiger partial charge in [0, 0.05) is 32.3 Å². The Morgan fingerprint density at radius 1 is 1.56 bits per heavy atom. The number of nitrogens with two attached hydrogens (primary N) is 1. The molecule has 7 nitrogen and oxygen atoms in total. The maximum Gasteiger partial charge on any atom is 0.292 e. The number of hydrogen-bond donors (Lipinski definition) is 1. The van der Waals surface area contributed by atoms with Crippen LogP contribution in [0, 0.1) is 10.1 Å². The van der Waals surface area contributed by atoms with E-state index in [1.807, 2.05) is 0 Å². The van der Waals surface area contributed by atoms with E-state index < -0.39 is 4.92 Å². The predicted molar refractivity (Wildman–Crippen MR) is 66.3 cm³/mol. The largest absolute Gasteiger partial charge is 0.393 e. The molecule has 0 aliphatic carbocycles. The molecule has 1 rings (SSSR count). The molecule has 18 heavy (non-hydrogen) atoms. The summed E-state index contributed by atoms with van der Waals surface area (Å²) in [5, 5.41) is 10.6. The molecule has 0 radical (unpaired) electrons. The Labute approximate surface area is 104 Å². The van der Waals surface area contributed by atoms with Crippen LogP contribution >= 0.6 is 0 Å². The van der Waals surface area contributed by atoms with Gasteiger partial charge in [0.15, 0.2) is 0 Å². The minimum Gasteiger partial charge on any atom is -0.393 e. The van der Waals surface area contributed by atoms with E-state index in [1.165, 1.54) is 23.1 Å². The van der Waals surface area contributed by atoms with Crippen LogP contribution in [-0.2, 0) is 4.74 Å². The molecule has 0 unspecified atom stereocenters. The van der Waals surface area contributed by atoms with E-state index in [4.69, 9.17) is 10.5 Å². The summed E-state index contributed by atoms with van der Waals surface area (Å²) in [5.74, 6) is -0.256. The first-order valence-corrected chi connectivity index (χ1v) is 5.25. The fourth-order valence-corrected chi connectivity index (χ4v) is 1.40. The van der Waals surface area contributed by atoms with Crippen molar-refractivity contribution >= 4 is 17.3 Å². The molecular formula is C11H15N3O4. The van der Waals surface area contributed by atoms with Gasteiger partial charge in [-0.05, 0) is 12.1 Å². The Morgan fingerprint density at radius 3 is 2.72 bits per heavy atom. The molecule has 1 aromatic carbocycles. The van der Waals surface area contributed by atoms with Crippen molar-refractivity contribution in [3.05, 3.63) is 33.9 Å². The van der Waals surface area contributed by atoms with Gasteiger partial charge in [0.05, 0.1) is 11.5 Å². The molecule has 0 aliphatic rings. The second-order valence-corrected chi connectivity index (χ2v) is 3.75. The zero-order valence-corrected chi connectivity index (χ0v) is 10.3. The summed E-state index contributed by atoms with van der Waals surface area (Å²) in [6, 6.07) is 3.93. The van der Waals surface area contributed by atoms with Gasteiger partial charge in [-0.3, -0.25) is 14.9 Å². The highest BCUT2D eigenvalue weighted by Crippen LogP contribution is 2.22. The number of carbonyl (C=O) groups is 1. The average Bonchev–Trinajstić information content (AvgIpc) is 2.34. The number of rotatable bonds is 5. The monoisotopic (exact) mass is 253 g/mol. The van der Waals surface area contributed by atoms with Crippen molar-refractivity contribution in [2.75, 3.05) is 33.0 Å². The zero-order valence-electron chi connectivity index (χ0n) is 10.3. The van der Waals surface area contributed by atoms with Gasteiger partial charge in [-0.1, -0.05) is 0 Å². The summed E-state index contributed by atoms with van der Waals surface area (Å²) in [5.41, 5.74) is 5.61. The summed E-state index contributed by atoms with van der Waals surface area (Å²) in [7, 11) is 3.17. The molecule has 0 heterocycles. The van der Waals surface area contributed by atoms with Crippen molar-refractivity contribution in [2.45, 2.75) is 0 Å². The minimum atomic E-state index is -0.585. The molecule has 0 spiro atoms. The third-order valence-corrected chi connectivity index (χ3v) is 2.45. The minimum absolute atomic E-state index is 0.0222. The number of benzene rings is 1. The number of hydrogen-bond acceptors (Lipinski definition) is 5. The van der Waals surface area contributed by atoms with Crippen LogP contribution in [0.1, 0.15) is 10.4 Å². The molecular weight excluding hydrogens is 238 g/mol. The van der Waals surface area contributed by atoms with E-state index in [0.29, 0.717) is 18.7 Å². The van der Waals surface area contributed by atoms with Gasteiger partial charge in [0.1, 0.15) is 5.69 Å². The number of nitro benzene ring substituents is 1. The molecule has 0 saturated heterocycles. The fourth-order valence-electron chi connectivity index (χ4n) is 1.40. The highest BCUT2D eigenvalue weighted by atomic mass is 16.6. The molecule has 7 heteroatoms. The fraction of sp³-hybridized carbons (Fsp3) is 0.364. The normalized spacial score (nSPS) is 10.1. The van der Waals surface area contributed by atoms with E-state index in [0.717, 1.165) is 0 Å². The first-order chi connectivity index (χ1) is 8.47. The number of methoxy groups -OCH3 is 1. The summed E-state index contributed by atoms with van der Waals surface area (Å²) in [6.45, 7) is 0.858. The van der Waals surface area contributed by atoms with E-state index >= 15 is 0 Å². The van der Waals surface area contributed by atoms with Crippen LogP contribution in [0.15, 0.2) is 18.2 Å². The Kier molecular flexibility index (Phi) is 4.61. The smallest absolute Gasteiger partial charge is 0.292 e. The summed E-state index contributed by atoms with van der Waals surface area (Å²) >= 11 is 0. The highest BCUT2D eigenvalue weighted by Gasteiger charge is 2.16. The molecule has 0 bridgehead atoms. The van der Waals surface area contributed by atoms with Gasteiger partial charge < -0.3 is 15.4 Å². The summed E-state index contributed by atoms with van der Waals surface area (Å²) < 4.78 is 4.86. The maximum absolute atomic E-state index is 11.9. The Morgan fingerprint density at radius 2 is 2.22 bits per heavy atom. The number of amides is 1. The van der Waals surface area contributed by atoms with E-state index in [9.17, 15) is 14.9 Å². The Hall–Kier alpha value is -2.15. The molecule has 1 aromatic rings. The highest BCUT2D eigenvalue weighted by molar-refractivity contribution is 5.95. The lowest BCUT2D eigenvalue weighted by Gasteiger charge is -2.16. The van der Waals surface area contributed by atoms with Crippen LogP contribution in [-0.4, -0.2) is 43.0 Å². The lowest BCUT2D eigenvalue weighted by molar-refractivity contribution is -0.383. The Bertz CT molecular complexity index is 462. The molecule has 0 aliphatic heterocycles. The SMILES string of the molecule is COCCN(C)C(=O)c1ccc([N+](=O)[O-])c(N)c1. The van der Waals surface area contributed by atoms with Gasteiger partial charge in [0.2, 0.25) is 0 Å². The quantitative estimate of drug-likeness (QED) is 0.477. The van der Waals surface area contributed by atoms with Crippen molar-refractivity contribution in [1.82, 2.24) is 4.90 Å². The molecule has 0 atom stereocenters. The van der Waals surface area contributed by atoms with Gasteiger partial charge >= 0.3 is 0 Å². The number of ether oxygens (including phenoxy) is 1. The molecule has 2 N–H and O–H groups in total. The van der Waals surface area contributed by atoms with Crippen molar-refractivity contribution in [3.8, 4) is 0 Å². The van der Waals surface area contributed by atoms with Gasteiger partial charge in [0.25, 0.3) is 11.6 Å². The molecule has 0 fully saturated rings. The number of likely N-dealkylation sites (N-methyl/N-ethyl adjacent to an activating group) is 1. The van der Waals surface area contributed by atoms with E-state index in [-0.39, 0.29) is 17.3 Å². The van der Waals surface area contributed by atoms with Crippen LogP contribution in [0.4, 0.5) is 11.4 Å². The number of carbonyl (C=O) groups excluding carboxylic acids is 1. The van der Waals surface area contributed by atoms with Gasteiger partial charge in [-0.25, -0.2) is 0 Å². The van der Waals surface area contributed by atoms with Crippen LogP contribution in [0.3, 0.4) is 0 Å². The molecule has 1 amide bonds. The van der Waals surface area contributed by atoms with Crippen molar-refractivity contribution < 1.29 is 14.5 Å². The number of anilines is 1. The summed E-state index contributed by atoms with van der Waals surface area (Å²) in [6.07, 6.45) is 0. The number of nitrogens with zero attached hydrogens (tertiary/aromatic N) is 2. The second kappa shape index (κ2) is 5.97. The first-order valence-electron chi connectivity index (χ1n) is 5.25. The van der Waals surface area contributed by atoms with Crippen LogP contribution in [0.2, 0.25) is 0 Å².